The summed E-state index contributed by atoms with van der Waals surface area (Å²) in [6, 6.07) is 0. The van der Waals surface area contributed by atoms with Crippen LogP contribution in [0.5, 0.6) is 0 Å². The van der Waals surface area contributed by atoms with Gasteiger partial charge in [-0.05, 0) is 50.2 Å². The topological polar surface area (TPSA) is 9.23 Å². The standard InChI is InChI=1S/C9H19ClOSi/c1-5-6-7-8-9(10)11-12(2,3)4/h8H,5-7H2,1-4H3/b9-8+. The largest absolute Gasteiger partial charge is 0.537 e. The molecule has 0 heterocycles. The van der Waals surface area contributed by atoms with E-state index in [-0.39, 0.29) is 0 Å². The smallest absolute Gasteiger partial charge is 0.243 e. The molecular weight excluding hydrogens is 188 g/mol. The van der Waals surface area contributed by atoms with Gasteiger partial charge < -0.3 is 4.43 Å². The third-order valence-corrected chi connectivity index (χ3v) is 2.46. The molecule has 1 nitrogen and oxygen atoms in total. The first-order valence-corrected chi connectivity index (χ1v) is 8.29. The van der Waals surface area contributed by atoms with Crippen LogP contribution in [-0.2, 0) is 4.43 Å². The molecule has 0 atom stereocenters. The lowest BCUT2D eigenvalue weighted by molar-refractivity contribution is 0.457. The Bertz CT molecular complexity index is 149. The Kier molecular flexibility index (Phi) is 5.67. The highest BCUT2D eigenvalue weighted by atomic mass is 35.5. The Hall–Kier alpha value is 0.0469. The monoisotopic (exact) mass is 206 g/mol. The second-order valence-corrected chi connectivity index (χ2v) is 8.67. The maximum Gasteiger partial charge on any atom is 0.243 e. The Morgan fingerprint density at radius 2 is 2.00 bits per heavy atom. The Morgan fingerprint density at radius 1 is 1.42 bits per heavy atom. The lowest BCUT2D eigenvalue weighted by Gasteiger charge is -2.17. The van der Waals surface area contributed by atoms with E-state index in [1.54, 1.807) is 0 Å². The van der Waals surface area contributed by atoms with Crippen molar-refractivity contribution in [3.05, 3.63) is 11.3 Å². The first-order chi connectivity index (χ1) is 5.45. The number of hydrogen-bond donors (Lipinski definition) is 0. The van der Waals surface area contributed by atoms with E-state index in [2.05, 4.69) is 26.6 Å². The molecule has 0 bridgehead atoms. The van der Waals surface area contributed by atoms with Gasteiger partial charge in [-0.25, -0.2) is 0 Å². The van der Waals surface area contributed by atoms with Crippen LogP contribution in [-0.4, -0.2) is 8.32 Å². The minimum Gasteiger partial charge on any atom is -0.537 e. The summed E-state index contributed by atoms with van der Waals surface area (Å²) in [6.07, 6.45) is 5.39. The number of rotatable bonds is 5. The fourth-order valence-electron chi connectivity index (χ4n) is 0.754. The zero-order valence-corrected chi connectivity index (χ0v) is 10.2. The number of halogens is 1. The summed E-state index contributed by atoms with van der Waals surface area (Å²) in [6.45, 7) is 8.55. The van der Waals surface area contributed by atoms with Gasteiger partial charge in [-0.15, -0.1) is 0 Å². The second-order valence-electron chi connectivity index (χ2n) is 3.86. The molecule has 0 saturated carbocycles. The van der Waals surface area contributed by atoms with E-state index in [1.165, 1.54) is 12.8 Å². The molecule has 0 unspecified atom stereocenters. The summed E-state index contributed by atoms with van der Waals surface area (Å²) in [4.78, 5) is 0. The van der Waals surface area contributed by atoms with Crippen molar-refractivity contribution in [2.45, 2.75) is 45.8 Å². The minimum absolute atomic E-state index is 0.586. The molecule has 0 radical (unpaired) electrons. The van der Waals surface area contributed by atoms with Gasteiger partial charge in [-0.3, -0.25) is 0 Å². The van der Waals surface area contributed by atoms with Crippen molar-refractivity contribution in [2.75, 3.05) is 0 Å². The molecule has 12 heavy (non-hydrogen) atoms. The van der Waals surface area contributed by atoms with Gasteiger partial charge in [0.25, 0.3) is 0 Å². The van der Waals surface area contributed by atoms with E-state index in [0.717, 1.165) is 6.42 Å². The molecule has 0 spiro atoms. The van der Waals surface area contributed by atoms with Crippen LogP contribution in [0, 0.1) is 0 Å². The predicted molar refractivity (Wildman–Crippen MR) is 57.9 cm³/mol. The summed E-state index contributed by atoms with van der Waals surface area (Å²) in [7, 11) is -1.48. The zero-order chi connectivity index (χ0) is 9.61. The predicted octanol–water partition coefficient (Wildman–Crippen LogP) is 4.11. The maximum atomic E-state index is 5.87. The first kappa shape index (κ1) is 12.0. The molecule has 0 aliphatic heterocycles. The van der Waals surface area contributed by atoms with Crippen LogP contribution < -0.4 is 0 Å². The zero-order valence-electron chi connectivity index (χ0n) is 8.48. The molecular formula is C9H19ClOSi. The third-order valence-electron chi connectivity index (χ3n) is 1.27. The summed E-state index contributed by atoms with van der Waals surface area (Å²) >= 11 is 5.87. The molecule has 0 amide bonds. The van der Waals surface area contributed by atoms with Gasteiger partial charge >= 0.3 is 0 Å². The van der Waals surface area contributed by atoms with Crippen LogP contribution >= 0.6 is 11.6 Å². The third kappa shape index (κ3) is 8.15. The molecule has 0 fully saturated rings. The highest BCUT2D eigenvalue weighted by molar-refractivity contribution is 6.70. The van der Waals surface area contributed by atoms with Crippen LogP contribution in [0.15, 0.2) is 11.3 Å². The van der Waals surface area contributed by atoms with Crippen LogP contribution in [0.2, 0.25) is 19.6 Å². The van der Waals surface area contributed by atoms with Gasteiger partial charge in [0, 0.05) is 0 Å². The molecule has 0 aliphatic carbocycles. The Balaban J connectivity index is 3.70. The molecule has 0 aromatic rings. The highest BCUT2D eigenvalue weighted by Gasteiger charge is 2.16. The van der Waals surface area contributed by atoms with Gasteiger partial charge in [0.15, 0.2) is 5.22 Å². The van der Waals surface area contributed by atoms with Crippen LogP contribution in [0.25, 0.3) is 0 Å². The van der Waals surface area contributed by atoms with Crippen LogP contribution in [0.1, 0.15) is 26.2 Å². The molecule has 0 aliphatic rings. The lowest BCUT2D eigenvalue weighted by atomic mass is 10.2. The summed E-state index contributed by atoms with van der Waals surface area (Å²) in [5, 5.41) is 0.586. The van der Waals surface area contributed by atoms with Gasteiger partial charge in [-0.1, -0.05) is 13.3 Å². The normalized spacial score (nSPS) is 13.2. The average molecular weight is 207 g/mol. The van der Waals surface area contributed by atoms with E-state index < -0.39 is 8.32 Å². The molecule has 0 saturated heterocycles. The van der Waals surface area contributed by atoms with Gasteiger partial charge in [0.1, 0.15) is 0 Å². The van der Waals surface area contributed by atoms with Crippen molar-refractivity contribution >= 4 is 19.9 Å². The minimum atomic E-state index is -1.48. The van der Waals surface area contributed by atoms with E-state index in [0.29, 0.717) is 5.22 Å². The molecule has 0 aromatic carbocycles. The van der Waals surface area contributed by atoms with Crippen molar-refractivity contribution in [1.82, 2.24) is 0 Å². The SMILES string of the molecule is CCCC/C=C(\Cl)O[Si](C)(C)C. The average Bonchev–Trinajstić information content (AvgIpc) is 1.84. The van der Waals surface area contributed by atoms with Crippen molar-refractivity contribution in [3.8, 4) is 0 Å². The molecule has 0 N–H and O–H groups in total. The fourth-order valence-corrected chi connectivity index (χ4v) is 2.23. The van der Waals surface area contributed by atoms with E-state index in [9.17, 15) is 0 Å². The number of allylic oxidation sites excluding steroid dienone is 1. The number of unbranched alkanes of at least 4 members (excludes halogenated alkanes) is 2. The van der Waals surface area contributed by atoms with E-state index >= 15 is 0 Å². The molecule has 3 heteroatoms. The fraction of sp³-hybridized carbons (Fsp3) is 0.778. The quantitative estimate of drug-likeness (QED) is 0.374. The van der Waals surface area contributed by atoms with Gasteiger partial charge in [0.05, 0.1) is 0 Å². The van der Waals surface area contributed by atoms with Crippen molar-refractivity contribution in [1.29, 1.82) is 0 Å². The summed E-state index contributed by atoms with van der Waals surface area (Å²) in [5.74, 6) is 0. The van der Waals surface area contributed by atoms with Gasteiger partial charge in [0.2, 0.25) is 8.32 Å². The molecule has 0 aromatic heterocycles. The lowest BCUT2D eigenvalue weighted by Crippen LogP contribution is -2.23. The van der Waals surface area contributed by atoms with Gasteiger partial charge in [-0.2, -0.15) is 0 Å². The van der Waals surface area contributed by atoms with Crippen molar-refractivity contribution in [2.24, 2.45) is 0 Å². The Morgan fingerprint density at radius 3 is 2.42 bits per heavy atom. The maximum absolute atomic E-state index is 5.87. The summed E-state index contributed by atoms with van der Waals surface area (Å²) < 4.78 is 5.55. The van der Waals surface area contributed by atoms with E-state index in [1.807, 2.05) is 6.08 Å². The first-order valence-electron chi connectivity index (χ1n) is 4.50. The molecule has 72 valence electrons. The van der Waals surface area contributed by atoms with E-state index in [4.69, 9.17) is 16.0 Å². The molecule has 0 rings (SSSR count). The Labute approximate surface area is 81.9 Å². The summed E-state index contributed by atoms with van der Waals surface area (Å²) in [5.41, 5.74) is 0. The van der Waals surface area contributed by atoms with Crippen molar-refractivity contribution < 1.29 is 4.43 Å². The van der Waals surface area contributed by atoms with Crippen LogP contribution in [0.3, 0.4) is 0 Å². The van der Waals surface area contributed by atoms with Crippen LogP contribution in [0.4, 0.5) is 0 Å². The van der Waals surface area contributed by atoms with Crippen molar-refractivity contribution in [3.63, 3.8) is 0 Å². The second kappa shape index (κ2) is 5.65. The number of hydrogen-bond acceptors (Lipinski definition) is 1. The highest BCUT2D eigenvalue weighted by Crippen LogP contribution is 2.14.